The van der Waals surface area contributed by atoms with Crippen LogP contribution in [-0.4, -0.2) is 22.1 Å². The molecular weight excluding hydrogens is 264 g/mol. The van der Waals surface area contributed by atoms with E-state index < -0.39 is 0 Å². The minimum absolute atomic E-state index is 0.0911. The number of carbonyl (C=O) groups is 1. The van der Waals surface area contributed by atoms with E-state index in [1.54, 1.807) is 12.5 Å². The summed E-state index contributed by atoms with van der Waals surface area (Å²) in [4.78, 5) is 15.8. The molecule has 0 bridgehead atoms. The van der Waals surface area contributed by atoms with E-state index in [1.165, 1.54) is 18.4 Å². The normalized spacial score (nSPS) is 14.0. The fourth-order valence-corrected chi connectivity index (χ4v) is 2.25. The Labute approximate surface area is 124 Å². The summed E-state index contributed by atoms with van der Waals surface area (Å²) in [5, 5.41) is 5.80. The molecule has 0 radical (unpaired) electrons. The lowest BCUT2D eigenvalue weighted by atomic mass is 10.1. The largest absolute Gasteiger partial charge is 0.338 e. The van der Waals surface area contributed by atoms with Gasteiger partial charge < -0.3 is 15.2 Å². The number of urea groups is 1. The van der Waals surface area contributed by atoms with E-state index in [-0.39, 0.29) is 6.03 Å². The van der Waals surface area contributed by atoms with Crippen LogP contribution < -0.4 is 10.6 Å². The maximum atomic E-state index is 11.7. The van der Waals surface area contributed by atoms with E-state index in [2.05, 4.69) is 34.7 Å². The molecule has 1 aromatic carbocycles. The van der Waals surface area contributed by atoms with Crippen LogP contribution in [0.1, 0.15) is 24.0 Å². The lowest BCUT2D eigenvalue weighted by Gasteiger charge is -2.11. The molecule has 1 heterocycles. The molecule has 2 amide bonds. The number of nitrogens with one attached hydrogen (secondary N) is 2. The molecule has 0 aliphatic heterocycles. The van der Waals surface area contributed by atoms with Crippen LogP contribution >= 0.6 is 0 Å². The second kappa shape index (κ2) is 5.99. The van der Waals surface area contributed by atoms with Crippen LogP contribution in [0.5, 0.6) is 0 Å². The molecule has 1 fully saturated rings. The van der Waals surface area contributed by atoms with Gasteiger partial charge in [-0.1, -0.05) is 12.1 Å². The van der Waals surface area contributed by atoms with Gasteiger partial charge in [0.25, 0.3) is 0 Å². The zero-order chi connectivity index (χ0) is 14.7. The first kappa shape index (κ1) is 13.7. The first-order valence-corrected chi connectivity index (χ1v) is 7.32. The van der Waals surface area contributed by atoms with Crippen molar-refractivity contribution in [1.82, 2.24) is 20.2 Å². The van der Waals surface area contributed by atoms with Gasteiger partial charge in [-0.2, -0.15) is 0 Å². The number of hydrogen-bond donors (Lipinski definition) is 2. The van der Waals surface area contributed by atoms with Gasteiger partial charge in [0.05, 0.1) is 6.33 Å². The number of rotatable bonds is 5. The van der Waals surface area contributed by atoms with E-state index in [1.807, 2.05) is 16.8 Å². The average molecular weight is 284 g/mol. The summed E-state index contributed by atoms with van der Waals surface area (Å²) >= 11 is 0. The van der Waals surface area contributed by atoms with Gasteiger partial charge in [0.15, 0.2) is 0 Å². The van der Waals surface area contributed by atoms with Gasteiger partial charge in [0, 0.05) is 31.2 Å². The molecule has 110 valence electrons. The van der Waals surface area contributed by atoms with Gasteiger partial charge in [-0.25, -0.2) is 9.78 Å². The Kier molecular flexibility index (Phi) is 3.90. The topological polar surface area (TPSA) is 59.0 Å². The van der Waals surface area contributed by atoms with E-state index in [0.29, 0.717) is 12.5 Å². The summed E-state index contributed by atoms with van der Waals surface area (Å²) in [6.07, 6.45) is 7.94. The summed E-state index contributed by atoms with van der Waals surface area (Å²) < 4.78 is 1.98. The molecule has 1 aliphatic rings. The molecule has 0 atom stereocenters. The Morgan fingerprint density at radius 2 is 2.24 bits per heavy atom. The van der Waals surface area contributed by atoms with Crippen molar-refractivity contribution in [3.63, 3.8) is 0 Å². The maximum absolute atomic E-state index is 11.7. The fourth-order valence-electron chi connectivity index (χ4n) is 2.25. The Hall–Kier alpha value is -2.30. The van der Waals surface area contributed by atoms with Crippen molar-refractivity contribution in [2.75, 3.05) is 6.54 Å². The lowest BCUT2D eigenvalue weighted by molar-refractivity contribution is 0.240. The van der Waals surface area contributed by atoms with E-state index in [9.17, 15) is 4.79 Å². The van der Waals surface area contributed by atoms with Crippen LogP contribution in [0, 0.1) is 12.8 Å². The summed E-state index contributed by atoms with van der Waals surface area (Å²) in [5.74, 6) is 0.697. The first-order chi connectivity index (χ1) is 10.2. The third kappa shape index (κ3) is 3.62. The van der Waals surface area contributed by atoms with Gasteiger partial charge in [-0.05, 0) is 42.9 Å². The van der Waals surface area contributed by atoms with E-state index >= 15 is 0 Å². The third-order valence-electron chi connectivity index (χ3n) is 3.76. The minimum Gasteiger partial charge on any atom is -0.338 e. The van der Waals surface area contributed by atoms with Gasteiger partial charge in [0.1, 0.15) is 0 Å². The standard InChI is InChI=1S/C16H20N4O/c1-12-2-3-14(8-15(12)20-7-6-17-11-20)10-19-16(21)18-9-13-4-5-13/h2-3,6-8,11,13H,4-5,9-10H2,1H3,(H2,18,19,21). The van der Waals surface area contributed by atoms with Crippen LogP contribution in [0.4, 0.5) is 4.79 Å². The zero-order valence-corrected chi connectivity index (χ0v) is 12.2. The summed E-state index contributed by atoms with van der Waals surface area (Å²) in [5.41, 5.74) is 3.34. The van der Waals surface area contributed by atoms with Gasteiger partial charge in [-0.15, -0.1) is 0 Å². The predicted molar refractivity (Wildman–Crippen MR) is 81.3 cm³/mol. The number of imidazole rings is 1. The number of nitrogens with zero attached hydrogens (tertiary/aromatic N) is 2. The van der Waals surface area contributed by atoms with Crippen LogP contribution in [0.15, 0.2) is 36.9 Å². The Morgan fingerprint density at radius 1 is 1.38 bits per heavy atom. The van der Waals surface area contributed by atoms with Crippen molar-refractivity contribution in [2.45, 2.75) is 26.3 Å². The highest BCUT2D eigenvalue weighted by Crippen LogP contribution is 2.27. The number of carbonyl (C=O) groups excluding carboxylic acids is 1. The van der Waals surface area contributed by atoms with Gasteiger partial charge in [0.2, 0.25) is 0 Å². The molecule has 21 heavy (non-hydrogen) atoms. The molecule has 2 aromatic rings. The van der Waals surface area contributed by atoms with Crippen molar-refractivity contribution < 1.29 is 4.79 Å². The van der Waals surface area contributed by atoms with Gasteiger partial charge >= 0.3 is 6.03 Å². The summed E-state index contributed by atoms with van der Waals surface area (Å²) in [6.45, 7) is 3.38. The minimum atomic E-state index is -0.0911. The highest BCUT2D eigenvalue weighted by atomic mass is 16.2. The van der Waals surface area contributed by atoms with Gasteiger partial charge in [-0.3, -0.25) is 0 Å². The molecule has 1 aromatic heterocycles. The van der Waals surface area contributed by atoms with Crippen LogP contribution in [0.3, 0.4) is 0 Å². The summed E-state index contributed by atoms with van der Waals surface area (Å²) in [6, 6.07) is 6.09. The smallest absolute Gasteiger partial charge is 0.315 e. The Morgan fingerprint density at radius 3 is 2.95 bits per heavy atom. The number of amides is 2. The molecular formula is C16H20N4O. The number of benzene rings is 1. The van der Waals surface area contributed by atoms with Crippen LogP contribution in [0.2, 0.25) is 0 Å². The molecule has 5 heteroatoms. The van der Waals surface area contributed by atoms with Crippen molar-refractivity contribution in [3.8, 4) is 5.69 Å². The average Bonchev–Trinajstić information content (AvgIpc) is 3.16. The predicted octanol–water partition coefficient (Wildman–Crippen LogP) is 2.39. The zero-order valence-electron chi connectivity index (χ0n) is 12.2. The van der Waals surface area contributed by atoms with Crippen molar-refractivity contribution in [1.29, 1.82) is 0 Å². The Balaban J connectivity index is 1.60. The quantitative estimate of drug-likeness (QED) is 0.885. The second-order valence-electron chi connectivity index (χ2n) is 5.60. The highest BCUT2D eigenvalue weighted by molar-refractivity contribution is 5.73. The molecule has 0 saturated heterocycles. The van der Waals surface area contributed by atoms with E-state index in [4.69, 9.17) is 0 Å². The molecule has 3 rings (SSSR count). The van der Waals surface area contributed by atoms with Crippen molar-refractivity contribution in [3.05, 3.63) is 48.0 Å². The number of hydrogen-bond acceptors (Lipinski definition) is 2. The SMILES string of the molecule is Cc1ccc(CNC(=O)NCC2CC2)cc1-n1ccnc1. The first-order valence-electron chi connectivity index (χ1n) is 7.32. The maximum Gasteiger partial charge on any atom is 0.315 e. The molecule has 5 nitrogen and oxygen atoms in total. The number of aryl methyl sites for hydroxylation is 1. The third-order valence-corrected chi connectivity index (χ3v) is 3.76. The molecule has 0 unspecified atom stereocenters. The summed E-state index contributed by atoms with van der Waals surface area (Å²) in [7, 11) is 0. The lowest BCUT2D eigenvalue weighted by Crippen LogP contribution is -2.36. The molecule has 2 N–H and O–H groups in total. The monoisotopic (exact) mass is 284 g/mol. The molecule has 1 saturated carbocycles. The Bertz CT molecular complexity index is 617. The van der Waals surface area contributed by atoms with Crippen LogP contribution in [0.25, 0.3) is 5.69 Å². The molecule has 0 spiro atoms. The van der Waals surface area contributed by atoms with Crippen molar-refractivity contribution in [2.24, 2.45) is 5.92 Å². The van der Waals surface area contributed by atoms with Crippen LogP contribution in [-0.2, 0) is 6.54 Å². The fraction of sp³-hybridized carbons (Fsp3) is 0.375. The molecule has 1 aliphatic carbocycles. The van der Waals surface area contributed by atoms with E-state index in [0.717, 1.165) is 17.8 Å². The second-order valence-corrected chi connectivity index (χ2v) is 5.60. The van der Waals surface area contributed by atoms with Crippen molar-refractivity contribution >= 4 is 6.03 Å². The number of aromatic nitrogens is 2. The highest BCUT2D eigenvalue weighted by Gasteiger charge is 2.21.